The highest BCUT2D eigenvalue weighted by Gasteiger charge is 2.05. The second-order valence-electron chi connectivity index (χ2n) is 3.68. The lowest BCUT2D eigenvalue weighted by Crippen LogP contribution is -2.17. The Morgan fingerprint density at radius 1 is 1.28 bits per heavy atom. The lowest BCUT2D eigenvalue weighted by Gasteiger charge is -2.06. The molecule has 4 heteroatoms. The number of carbonyl (C=O) groups is 1. The fourth-order valence-corrected chi connectivity index (χ4v) is 1.31. The molecule has 98 valence electrons. The van der Waals surface area contributed by atoms with E-state index in [1.807, 2.05) is 19.2 Å². The summed E-state index contributed by atoms with van der Waals surface area (Å²) < 4.78 is 10.3. The molecule has 0 saturated heterocycles. The number of carbonyl (C=O) groups excluding carboxylic acids is 1. The van der Waals surface area contributed by atoms with E-state index in [2.05, 4.69) is 11.9 Å². The molecule has 1 aromatic carbocycles. The van der Waals surface area contributed by atoms with E-state index in [4.69, 9.17) is 9.47 Å². The molecule has 0 fully saturated rings. The monoisotopic (exact) mass is 249 g/mol. The van der Waals surface area contributed by atoms with Crippen LogP contribution < -0.4 is 5.32 Å². The molecule has 1 N–H and O–H groups in total. The minimum atomic E-state index is -0.331. The molecule has 0 saturated carbocycles. The lowest BCUT2D eigenvalue weighted by molar-refractivity contribution is 0.0323. The van der Waals surface area contributed by atoms with Crippen molar-refractivity contribution in [3.8, 4) is 0 Å². The van der Waals surface area contributed by atoms with Crippen molar-refractivity contribution in [3.05, 3.63) is 42.0 Å². The van der Waals surface area contributed by atoms with Crippen molar-refractivity contribution in [2.24, 2.45) is 0 Å². The molecular weight excluding hydrogens is 230 g/mol. The number of likely N-dealkylation sites (N-methyl/N-ethyl adjacent to an activating group) is 1. The zero-order valence-electron chi connectivity index (χ0n) is 10.6. The van der Waals surface area contributed by atoms with E-state index in [9.17, 15) is 4.79 Å². The number of hydrogen-bond acceptors (Lipinski definition) is 4. The zero-order valence-corrected chi connectivity index (χ0v) is 10.6. The molecule has 0 amide bonds. The first-order chi connectivity index (χ1) is 8.77. The summed E-state index contributed by atoms with van der Waals surface area (Å²) in [5.74, 6) is -0.331. The second kappa shape index (κ2) is 8.44. The predicted molar refractivity (Wildman–Crippen MR) is 71.6 cm³/mol. The maximum Gasteiger partial charge on any atom is 0.338 e. The molecule has 0 unspecified atom stereocenters. The van der Waals surface area contributed by atoms with Crippen LogP contribution in [-0.4, -0.2) is 39.4 Å². The van der Waals surface area contributed by atoms with Crippen LogP contribution in [0, 0.1) is 0 Å². The summed E-state index contributed by atoms with van der Waals surface area (Å²) in [5, 5.41) is 2.96. The van der Waals surface area contributed by atoms with Gasteiger partial charge in [0.05, 0.1) is 18.8 Å². The fourth-order valence-electron chi connectivity index (χ4n) is 1.31. The van der Waals surface area contributed by atoms with Crippen LogP contribution in [-0.2, 0) is 9.47 Å². The third-order valence-corrected chi connectivity index (χ3v) is 2.34. The van der Waals surface area contributed by atoms with Crippen molar-refractivity contribution in [2.75, 3.05) is 33.4 Å². The number of nitrogens with one attached hydrogen (secondary N) is 1. The summed E-state index contributed by atoms with van der Waals surface area (Å²) in [5.41, 5.74) is 1.51. The number of rotatable bonds is 8. The van der Waals surface area contributed by atoms with Crippen LogP contribution in [0.2, 0.25) is 0 Å². The van der Waals surface area contributed by atoms with Gasteiger partial charge < -0.3 is 14.8 Å². The molecule has 0 aliphatic heterocycles. The minimum Gasteiger partial charge on any atom is -0.460 e. The molecule has 4 nitrogen and oxygen atoms in total. The molecular formula is C14H19NO3. The largest absolute Gasteiger partial charge is 0.460 e. The van der Waals surface area contributed by atoms with Gasteiger partial charge in [0.15, 0.2) is 0 Å². The summed E-state index contributed by atoms with van der Waals surface area (Å²) >= 11 is 0. The highest BCUT2D eigenvalue weighted by molar-refractivity contribution is 5.89. The highest BCUT2D eigenvalue weighted by atomic mass is 16.6. The van der Waals surface area contributed by atoms with E-state index in [1.54, 1.807) is 18.2 Å². The molecule has 0 spiro atoms. The summed E-state index contributed by atoms with van der Waals surface area (Å²) in [6.07, 6.45) is 1.73. The fraction of sp³-hybridized carbons (Fsp3) is 0.357. The summed E-state index contributed by atoms with van der Waals surface area (Å²) in [4.78, 5) is 11.6. The third-order valence-electron chi connectivity index (χ3n) is 2.34. The molecule has 0 heterocycles. The molecule has 0 atom stereocenters. The van der Waals surface area contributed by atoms with E-state index < -0.39 is 0 Å². The van der Waals surface area contributed by atoms with Gasteiger partial charge in [-0.2, -0.15) is 0 Å². The van der Waals surface area contributed by atoms with Gasteiger partial charge in [-0.05, 0) is 24.7 Å². The molecule has 0 aliphatic rings. The van der Waals surface area contributed by atoms with E-state index in [0.29, 0.717) is 18.8 Å². The first-order valence-corrected chi connectivity index (χ1v) is 5.90. The number of ether oxygens (including phenoxy) is 2. The Morgan fingerprint density at radius 3 is 2.61 bits per heavy atom. The molecule has 1 aromatic rings. The first-order valence-electron chi connectivity index (χ1n) is 5.90. The van der Waals surface area contributed by atoms with Gasteiger partial charge in [0.1, 0.15) is 6.61 Å². The Bertz CT molecular complexity index is 373. The van der Waals surface area contributed by atoms with Gasteiger partial charge in [-0.1, -0.05) is 24.8 Å². The van der Waals surface area contributed by atoms with Crippen LogP contribution in [0.3, 0.4) is 0 Å². The van der Waals surface area contributed by atoms with Crippen molar-refractivity contribution in [1.82, 2.24) is 5.32 Å². The van der Waals surface area contributed by atoms with Crippen LogP contribution in [0.1, 0.15) is 15.9 Å². The molecule has 0 aliphatic carbocycles. The molecule has 0 aromatic heterocycles. The lowest BCUT2D eigenvalue weighted by atomic mass is 10.1. The van der Waals surface area contributed by atoms with Gasteiger partial charge in [-0.15, -0.1) is 0 Å². The number of esters is 1. The van der Waals surface area contributed by atoms with Crippen molar-refractivity contribution in [2.45, 2.75) is 0 Å². The average Bonchev–Trinajstić information content (AvgIpc) is 2.42. The minimum absolute atomic E-state index is 0.270. The smallest absolute Gasteiger partial charge is 0.338 e. The topological polar surface area (TPSA) is 47.6 Å². The second-order valence-corrected chi connectivity index (χ2v) is 3.68. The number of benzene rings is 1. The Balaban J connectivity index is 2.25. The third kappa shape index (κ3) is 5.12. The summed E-state index contributed by atoms with van der Waals surface area (Å²) in [7, 11) is 1.86. The first kappa shape index (κ1) is 14.4. The van der Waals surface area contributed by atoms with E-state index >= 15 is 0 Å². The van der Waals surface area contributed by atoms with Gasteiger partial charge in [0.2, 0.25) is 0 Å². The van der Waals surface area contributed by atoms with E-state index in [0.717, 1.165) is 12.1 Å². The zero-order chi connectivity index (χ0) is 13.2. The Hall–Kier alpha value is -1.65. The van der Waals surface area contributed by atoms with Gasteiger partial charge in [-0.25, -0.2) is 4.79 Å². The van der Waals surface area contributed by atoms with Crippen LogP contribution >= 0.6 is 0 Å². The Morgan fingerprint density at radius 2 is 2.00 bits per heavy atom. The average molecular weight is 249 g/mol. The Kier molecular flexibility index (Phi) is 6.76. The van der Waals surface area contributed by atoms with Crippen molar-refractivity contribution in [1.29, 1.82) is 0 Å². The molecule has 1 rings (SSSR count). The highest BCUT2D eigenvalue weighted by Crippen LogP contribution is 2.06. The molecule has 0 radical (unpaired) electrons. The van der Waals surface area contributed by atoms with Crippen LogP contribution in [0.5, 0.6) is 0 Å². The summed E-state index contributed by atoms with van der Waals surface area (Å²) in [6.45, 7) is 5.74. The van der Waals surface area contributed by atoms with E-state index in [1.165, 1.54) is 0 Å². The van der Waals surface area contributed by atoms with Crippen LogP contribution in [0.25, 0.3) is 6.08 Å². The van der Waals surface area contributed by atoms with Gasteiger partial charge >= 0.3 is 5.97 Å². The SMILES string of the molecule is C=Cc1ccc(C(=O)OCCOCCNC)cc1. The molecule has 0 bridgehead atoms. The standard InChI is InChI=1S/C14H19NO3/c1-3-12-4-6-13(7-5-12)14(16)18-11-10-17-9-8-15-2/h3-7,15H,1,8-11H2,2H3. The maximum atomic E-state index is 11.6. The summed E-state index contributed by atoms with van der Waals surface area (Å²) in [6, 6.07) is 7.10. The van der Waals surface area contributed by atoms with Crippen LogP contribution in [0.4, 0.5) is 0 Å². The number of hydrogen-bond donors (Lipinski definition) is 1. The van der Waals surface area contributed by atoms with Gasteiger partial charge in [0.25, 0.3) is 0 Å². The van der Waals surface area contributed by atoms with Gasteiger partial charge in [0, 0.05) is 6.54 Å². The maximum absolute atomic E-state index is 11.6. The quantitative estimate of drug-likeness (QED) is 0.563. The molecule has 18 heavy (non-hydrogen) atoms. The van der Waals surface area contributed by atoms with Crippen LogP contribution in [0.15, 0.2) is 30.8 Å². The van der Waals surface area contributed by atoms with E-state index in [-0.39, 0.29) is 12.6 Å². The normalized spacial score (nSPS) is 10.1. The Labute approximate surface area is 108 Å². The van der Waals surface area contributed by atoms with Crippen molar-refractivity contribution >= 4 is 12.0 Å². The van der Waals surface area contributed by atoms with Gasteiger partial charge in [-0.3, -0.25) is 0 Å². The van der Waals surface area contributed by atoms with Crippen molar-refractivity contribution in [3.63, 3.8) is 0 Å². The van der Waals surface area contributed by atoms with Crippen molar-refractivity contribution < 1.29 is 14.3 Å². The predicted octanol–water partition coefficient (Wildman–Crippen LogP) is 1.72.